The van der Waals surface area contributed by atoms with Crippen LogP contribution in [0.4, 0.5) is 4.79 Å². The van der Waals surface area contributed by atoms with Gasteiger partial charge in [-0.3, -0.25) is 14.5 Å². The fourth-order valence-electron chi connectivity index (χ4n) is 4.61. The van der Waals surface area contributed by atoms with E-state index in [2.05, 4.69) is 21.9 Å². The number of piperidine rings is 2. The lowest BCUT2D eigenvalue weighted by Crippen LogP contribution is -2.46. The topological polar surface area (TPSA) is 108 Å². The van der Waals surface area contributed by atoms with E-state index in [0.29, 0.717) is 50.1 Å². The Labute approximate surface area is 210 Å². The summed E-state index contributed by atoms with van der Waals surface area (Å²) in [6, 6.07) is 3.48. The number of ether oxygens (including phenoxy) is 1. The maximum Gasteiger partial charge on any atom is 0.416 e. The minimum Gasteiger partial charge on any atom is -0.391 e. The van der Waals surface area contributed by atoms with E-state index in [-0.39, 0.29) is 29.2 Å². The smallest absolute Gasteiger partial charge is 0.391 e. The van der Waals surface area contributed by atoms with Crippen molar-refractivity contribution >= 4 is 29.7 Å². The summed E-state index contributed by atoms with van der Waals surface area (Å²) in [6.45, 7) is 7.72. The average Bonchev–Trinajstić information content (AvgIpc) is 3.32. The lowest BCUT2D eigenvalue weighted by molar-refractivity contribution is -0.152. The van der Waals surface area contributed by atoms with Gasteiger partial charge in [0, 0.05) is 62.4 Å². The molecule has 9 nitrogen and oxygen atoms in total. The van der Waals surface area contributed by atoms with E-state index in [0.717, 1.165) is 23.6 Å². The first-order chi connectivity index (χ1) is 16.7. The van der Waals surface area contributed by atoms with Crippen LogP contribution in [-0.4, -0.2) is 67.5 Å². The van der Waals surface area contributed by atoms with Crippen molar-refractivity contribution in [1.82, 2.24) is 24.8 Å². The van der Waals surface area contributed by atoms with Crippen LogP contribution in [-0.2, 0) is 16.0 Å². The van der Waals surface area contributed by atoms with E-state index in [9.17, 15) is 14.4 Å². The van der Waals surface area contributed by atoms with Gasteiger partial charge in [0.15, 0.2) is 5.16 Å². The number of aromatic nitrogens is 3. The van der Waals surface area contributed by atoms with Crippen molar-refractivity contribution in [2.24, 2.45) is 11.3 Å². The molecule has 0 bridgehead atoms. The van der Waals surface area contributed by atoms with E-state index < -0.39 is 0 Å². The van der Waals surface area contributed by atoms with Crippen molar-refractivity contribution in [3.8, 4) is 5.88 Å². The second-order valence-electron chi connectivity index (χ2n) is 10.1. The van der Waals surface area contributed by atoms with Crippen molar-refractivity contribution in [2.75, 3.05) is 19.6 Å². The molecule has 10 heteroatoms. The molecule has 0 aromatic carbocycles. The zero-order valence-corrected chi connectivity index (χ0v) is 21.3. The van der Waals surface area contributed by atoms with Crippen LogP contribution in [0.2, 0.25) is 0 Å². The van der Waals surface area contributed by atoms with E-state index >= 15 is 0 Å². The summed E-state index contributed by atoms with van der Waals surface area (Å²) in [5.74, 6) is 0.510. The van der Waals surface area contributed by atoms with Crippen LogP contribution >= 0.6 is 11.8 Å². The standard InChI is InChI=1S/C25H33N5O4S/c1-17(35-23-26-9-10-27-23)19-7-11-29(12-8-19)24(33)34-20-5-4-18(16-28-20)6-13-30-21(31)14-25(2,3)15-22(30)32/h4-5,9-10,16-17,19H,6-8,11-15H2,1-3H3,(H,26,27). The minimum atomic E-state index is -0.387. The SMILES string of the molecule is CC(Sc1ncc[nH]1)C1CCN(C(=O)Oc2ccc(CCN3C(=O)CC(C)(C)CC3=O)cn2)CC1. The zero-order chi connectivity index (χ0) is 25.0. The molecular formula is C25H33N5O4S. The van der Waals surface area contributed by atoms with E-state index in [1.165, 1.54) is 4.90 Å². The Balaban J connectivity index is 1.21. The van der Waals surface area contributed by atoms with Crippen LogP contribution in [0.15, 0.2) is 35.9 Å². The highest BCUT2D eigenvalue weighted by molar-refractivity contribution is 7.99. The predicted octanol–water partition coefficient (Wildman–Crippen LogP) is 3.91. The molecule has 0 aliphatic carbocycles. The summed E-state index contributed by atoms with van der Waals surface area (Å²) in [7, 11) is 0. The maximum atomic E-state index is 12.6. The van der Waals surface area contributed by atoms with E-state index in [1.807, 2.05) is 26.1 Å². The Morgan fingerprint density at radius 3 is 2.51 bits per heavy atom. The summed E-state index contributed by atoms with van der Waals surface area (Å²) >= 11 is 1.73. The summed E-state index contributed by atoms with van der Waals surface area (Å²) in [5, 5.41) is 1.34. The zero-order valence-electron chi connectivity index (χ0n) is 20.5. The largest absolute Gasteiger partial charge is 0.416 e. The second-order valence-corrected chi connectivity index (χ2v) is 11.5. The van der Waals surface area contributed by atoms with Crippen LogP contribution in [0.5, 0.6) is 5.88 Å². The van der Waals surface area contributed by atoms with E-state index in [4.69, 9.17) is 4.74 Å². The first-order valence-corrected chi connectivity index (χ1v) is 13.0. The molecule has 188 valence electrons. The molecule has 35 heavy (non-hydrogen) atoms. The Bertz CT molecular complexity index is 1010. The first kappa shape index (κ1) is 25.2. The normalized spacial score (nSPS) is 19.6. The van der Waals surface area contributed by atoms with Gasteiger partial charge < -0.3 is 14.6 Å². The van der Waals surface area contributed by atoms with Gasteiger partial charge in [0.1, 0.15) is 0 Å². The Morgan fingerprint density at radius 1 is 1.20 bits per heavy atom. The molecule has 2 aliphatic heterocycles. The van der Waals surface area contributed by atoms with Crippen molar-refractivity contribution in [3.63, 3.8) is 0 Å². The van der Waals surface area contributed by atoms with Gasteiger partial charge in [-0.25, -0.2) is 14.8 Å². The van der Waals surface area contributed by atoms with Crippen LogP contribution in [0.3, 0.4) is 0 Å². The second kappa shape index (κ2) is 10.8. The number of aromatic amines is 1. The summed E-state index contributed by atoms with van der Waals surface area (Å²) < 4.78 is 5.48. The van der Waals surface area contributed by atoms with Gasteiger partial charge in [-0.1, -0.05) is 38.6 Å². The number of hydrogen-bond donors (Lipinski definition) is 1. The first-order valence-electron chi connectivity index (χ1n) is 12.1. The fraction of sp³-hybridized carbons (Fsp3) is 0.560. The van der Waals surface area contributed by atoms with Crippen LogP contribution in [0.1, 0.15) is 52.0 Å². The fourth-order valence-corrected chi connectivity index (χ4v) is 5.69. The summed E-state index contributed by atoms with van der Waals surface area (Å²) in [6.07, 6.45) is 7.93. The number of amides is 3. The van der Waals surface area contributed by atoms with Crippen molar-refractivity contribution < 1.29 is 19.1 Å². The van der Waals surface area contributed by atoms with Crippen LogP contribution in [0.25, 0.3) is 0 Å². The molecule has 1 unspecified atom stereocenters. The molecule has 1 atom stereocenters. The molecule has 3 amide bonds. The maximum absolute atomic E-state index is 12.6. The Morgan fingerprint density at radius 2 is 1.91 bits per heavy atom. The molecule has 0 radical (unpaired) electrons. The molecular weight excluding hydrogens is 466 g/mol. The van der Waals surface area contributed by atoms with Gasteiger partial charge in [0.25, 0.3) is 0 Å². The molecule has 4 rings (SSSR count). The molecule has 2 aromatic heterocycles. The van der Waals surface area contributed by atoms with E-state index in [1.54, 1.807) is 35.1 Å². The number of H-pyrrole nitrogens is 1. The molecule has 4 heterocycles. The number of hydrogen-bond acceptors (Lipinski definition) is 7. The van der Waals surface area contributed by atoms with Crippen LogP contribution in [0, 0.1) is 11.3 Å². The number of likely N-dealkylation sites (tertiary alicyclic amines) is 2. The number of carbonyl (C=O) groups is 3. The highest BCUT2D eigenvalue weighted by atomic mass is 32.2. The molecule has 2 fully saturated rings. The molecule has 0 spiro atoms. The summed E-state index contributed by atoms with van der Waals surface area (Å²) in [4.78, 5) is 52.0. The predicted molar refractivity (Wildman–Crippen MR) is 132 cm³/mol. The minimum absolute atomic E-state index is 0.123. The third-order valence-corrected chi connectivity index (χ3v) is 7.91. The number of pyridine rings is 1. The quantitative estimate of drug-likeness (QED) is 0.454. The van der Waals surface area contributed by atoms with Gasteiger partial charge >= 0.3 is 6.09 Å². The van der Waals surface area contributed by atoms with Crippen LogP contribution < -0.4 is 4.74 Å². The molecule has 2 saturated heterocycles. The molecule has 2 aromatic rings. The van der Waals surface area contributed by atoms with Crippen molar-refractivity contribution in [3.05, 3.63) is 36.3 Å². The van der Waals surface area contributed by atoms with Gasteiger partial charge in [-0.15, -0.1) is 0 Å². The average molecular weight is 500 g/mol. The number of thioether (sulfide) groups is 1. The number of nitrogens with one attached hydrogen (secondary N) is 1. The molecule has 2 aliphatic rings. The monoisotopic (exact) mass is 499 g/mol. The van der Waals surface area contributed by atoms with Gasteiger partial charge in [0.05, 0.1) is 0 Å². The third kappa shape index (κ3) is 6.62. The Kier molecular flexibility index (Phi) is 7.78. The number of nitrogens with zero attached hydrogens (tertiary/aromatic N) is 4. The lowest BCUT2D eigenvalue weighted by Gasteiger charge is -2.34. The lowest BCUT2D eigenvalue weighted by atomic mass is 9.81. The number of carbonyl (C=O) groups excluding carboxylic acids is 3. The number of rotatable bonds is 7. The Hall–Kier alpha value is -2.88. The third-order valence-electron chi connectivity index (χ3n) is 6.71. The van der Waals surface area contributed by atoms with Gasteiger partial charge in [-0.05, 0) is 36.2 Å². The highest BCUT2D eigenvalue weighted by Gasteiger charge is 2.37. The number of imide groups is 1. The van der Waals surface area contributed by atoms with Gasteiger partial charge in [0.2, 0.25) is 17.7 Å². The molecule has 1 N–H and O–H groups in total. The van der Waals surface area contributed by atoms with Crippen molar-refractivity contribution in [2.45, 2.75) is 63.3 Å². The number of imidazole rings is 1. The van der Waals surface area contributed by atoms with Gasteiger partial charge in [-0.2, -0.15) is 0 Å². The summed E-state index contributed by atoms with van der Waals surface area (Å²) in [5.41, 5.74) is 0.601. The van der Waals surface area contributed by atoms with Crippen molar-refractivity contribution in [1.29, 1.82) is 0 Å². The molecule has 0 saturated carbocycles. The highest BCUT2D eigenvalue weighted by Crippen LogP contribution is 2.32.